The first-order chi connectivity index (χ1) is 3.71. The molecule has 0 bridgehead atoms. The van der Waals surface area contributed by atoms with Gasteiger partial charge in [0, 0.05) is 39.9 Å². The van der Waals surface area contributed by atoms with Crippen LogP contribution in [0.3, 0.4) is 0 Å². The van der Waals surface area contributed by atoms with E-state index in [0.717, 1.165) is 0 Å². The normalized spacial score (nSPS) is 12.4. The molecule has 0 aliphatic rings. The summed E-state index contributed by atoms with van der Waals surface area (Å²) in [4.78, 5) is 31.0. The second kappa shape index (κ2) is 4.57. The van der Waals surface area contributed by atoms with Crippen molar-refractivity contribution < 1.29 is 73.0 Å². The fourth-order valence-electron chi connectivity index (χ4n) is 0.139. The maximum Gasteiger partial charge on any atom is 0.478 e. The van der Waals surface area contributed by atoms with Gasteiger partial charge in [-0.25, -0.2) is 9.13 Å². The zero-order chi connectivity index (χ0) is 7.71. The van der Waals surface area contributed by atoms with E-state index < -0.39 is 15.6 Å². The van der Waals surface area contributed by atoms with Crippen LogP contribution in [0.4, 0.5) is 0 Å². The topological polar surface area (TPSA) is 124 Å². The van der Waals surface area contributed by atoms with Crippen LogP contribution in [0.25, 0.3) is 0 Å². The van der Waals surface area contributed by atoms with Crippen molar-refractivity contribution in [2.45, 2.75) is 0 Å². The fourth-order valence-corrected chi connectivity index (χ4v) is 1.25. The smallest absolute Gasteiger partial charge is 0.302 e. The van der Waals surface area contributed by atoms with Crippen molar-refractivity contribution in [1.29, 1.82) is 0 Å². The maximum atomic E-state index is 9.63. The summed E-state index contributed by atoms with van der Waals surface area (Å²) in [6.07, 6.45) is 0. The Kier molecular flexibility index (Phi) is 6.46. The average Bonchev–Trinajstić information content (AvgIpc) is 1.14. The Bertz CT molecular complexity index is 152. The van der Waals surface area contributed by atoms with Gasteiger partial charge in [0.05, 0.1) is 0 Å². The second-order valence-corrected chi connectivity index (χ2v) is 3.68. The van der Waals surface area contributed by atoms with Gasteiger partial charge in [0.25, 0.3) is 0 Å². The number of hydrogen-bond donors (Lipinski definition) is 4. The van der Waals surface area contributed by atoms with Gasteiger partial charge in [0.1, 0.15) is 0 Å². The Morgan fingerprint density at radius 3 is 1.10 bits per heavy atom. The Balaban J connectivity index is 0. The van der Waals surface area contributed by atoms with Crippen molar-refractivity contribution in [2.24, 2.45) is 0 Å². The fraction of sp³-hybridized carbons (Fsp3) is 0. The molecule has 64 valence electrons. The molecule has 0 aliphatic heterocycles. The summed E-state index contributed by atoms with van der Waals surface area (Å²) in [6, 6.07) is 0. The van der Waals surface area contributed by atoms with Crippen LogP contribution in [-0.4, -0.2) is 19.6 Å². The van der Waals surface area contributed by atoms with E-state index in [1.165, 1.54) is 0 Å². The van der Waals surface area contributed by atoms with Crippen LogP contribution in [0.1, 0.15) is 0 Å². The van der Waals surface area contributed by atoms with E-state index in [0.29, 0.717) is 0 Å². The summed E-state index contributed by atoms with van der Waals surface area (Å²) < 4.78 is 22.2. The summed E-state index contributed by atoms with van der Waals surface area (Å²) in [5, 5.41) is 0. The summed E-state index contributed by atoms with van der Waals surface area (Å²) in [6.45, 7) is 0. The standard InChI is InChI=1S/Gd.H4O7P2/c;1-8(2,3)7-9(4,5)6/h;(H2,1,2,3)(H2,4,5,6). The van der Waals surface area contributed by atoms with Crippen LogP contribution in [0.2, 0.25) is 0 Å². The van der Waals surface area contributed by atoms with Crippen LogP contribution in [0.5, 0.6) is 0 Å². The molecule has 0 atom stereocenters. The zero-order valence-corrected chi connectivity index (χ0v) is 8.32. The summed E-state index contributed by atoms with van der Waals surface area (Å²) >= 11 is 0. The van der Waals surface area contributed by atoms with Crippen molar-refractivity contribution >= 4 is 15.6 Å². The summed E-state index contributed by atoms with van der Waals surface area (Å²) in [5.74, 6) is 0. The maximum absolute atomic E-state index is 9.63. The third-order valence-corrected chi connectivity index (χ3v) is 1.91. The molecule has 0 saturated heterocycles. The molecule has 0 saturated carbocycles. The van der Waals surface area contributed by atoms with Gasteiger partial charge in [0.2, 0.25) is 0 Å². The Morgan fingerprint density at radius 1 is 0.900 bits per heavy atom. The molecule has 7 nitrogen and oxygen atoms in total. The minimum atomic E-state index is -5.05. The predicted octanol–water partition coefficient (Wildman–Crippen LogP) is -0.812. The van der Waals surface area contributed by atoms with Crippen LogP contribution < -0.4 is 0 Å². The molecule has 0 unspecified atom stereocenters. The van der Waals surface area contributed by atoms with Gasteiger partial charge < -0.3 is 19.6 Å². The SMILES string of the molecule is O=P(O)(O)OP(=O)(O)O.[Gd]. The van der Waals surface area contributed by atoms with E-state index >= 15 is 0 Å². The van der Waals surface area contributed by atoms with Gasteiger partial charge in [-0.1, -0.05) is 0 Å². The molecule has 10 heavy (non-hydrogen) atoms. The Morgan fingerprint density at radius 2 is 1.10 bits per heavy atom. The molecule has 0 radical (unpaired) electrons. The van der Waals surface area contributed by atoms with E-state index in [-0.39, 0.29) is 39.9 Å². The molecule has 0 aromatic carbocycles. The predicted molar refractivity (Wildman–Crippen MR) is 25.2 cm³/mol. The Labute approximate surface area is 87.9 Å². The molecule has 0 rings (SSSR count). The van der Waals surface area contributed by atoms with Crippen molar-refractivity contribution in [3.8, 4) is 0 Å². The van der Waals surface area contributed by atoms with E-state index in [4.69, 9.17) is 19.6 Å². The quantitative estimate of drug-likeness (QED) is 0.486. The van der Waals surface area contributed by atoms with Crippen molar-refractivity contribution in [3.63, 3.8) is 0 Å². The summed E-state index contributed by atoms with van der Waals surface area (Å²) in [5.41, 5.74) is 0. The molecule has 0 heterocycles. The molecule has 4 N–H and O–H groups in total. The first-order valence-corrected chi connectivity index (χ1v) is 4.59. The molecule has 0 fully saturated rings. The second-order valence-electron chi connectivity index (χ2n) is 1.06. The molecule has 0 aromatic rings. The number of phosphoric acid groups is 2. The third kappa shape index (κ3) is 12.3. The van der Waals surface area contributed by atoms with Crippen LogP contribution in [-0.2, 0) is 13.4 Å². The van der Waals surface area contributed by atoms with E-state index in [9.17, 15) is 9.13 Å². The minimum Gasteiger partial charge on any atom is -0.302 e. The van der Waals surface area contributed by atoms with Crippen LogP contribution in [0, 0.1) is 39.9 Å². The van der Waals surface area contributed by atoms with Gasteiger partial charge in [-0.3, -0.25) is 0 Å². The Hall–Kier alpha value is 1.58. The van der Waals surface area contributed by atoms with E-state index in [1.807, 2.05) is 0 Å². The van der Waals surface area contributed by atoms with Crippen molar-refractivity contribution in [2.75, 3.05) is 0 Å². The average molecular weight is 335 g/mol. The van der Waals surface area contributed by atoms with Gasteiger partial charge in [-0.2, -0.15) is 4.31 Å². The molecule has 0 amide bonds. The van der Waals surface area contributed by atoms with Crippen LogP contribution >= 0.6 is 15.6 Å². The largest absolute Gasteiger partial charge is 0.478 e. The number of hydrogen-bond acceptors (Lipinski definition) is 3. The van der Waals surface area contributed by atoms with Crippen LogP contribution in [0.15, 0.2) is 0 Å². The van der Waals surface area contributed by atoms with Gasteiger partial charge in [-0.05, 0) is 0 Å². The molecule has 0 aliphatic carbocycles. The monoisotopic (exact) mass is 336 g/mol. The molecule has 0 spiro atoms. The molecular formula is H4GdO7P2. The molecule has 10 heteroatoms. The first-order valence-electron chi connectivity index (χ1n) is 1.53. The summed E-state index contributed by atoms with van der Waals surface area (Å²) in [7, 11) is -10.1. The zero-order valence-electron chi connectivity index (χ0n) is 4.26. The van der Waals surface area contributed by atoms with Gasteiger partial charge >= 0.3 is 15.6 Å². The van der Waals surface area contributed by atoms with E-state index in [1.54, 1.807) is 0 Å². The van der Waals surface area contributed by atoms with Crippen molar-refractivity contribution in [3.05, 3.63) is 0 Å². The van der Waals surface area contributed by atoms with Crippen molar-refractivity contribution in [1.82, 2.24) is 0 Å². The molecular weight excluding hydrogens is 331 g/mol. The minimum absolute atomic E-state index is 0. The number of rotatable bonds is 2. The van der Waals surface area contributed by atoms with Gasteiger partial charge in [0.15, 0.2) is 0 Å². The van der Waals surface area contributed by atoms with Gasteiger partial charge in [-0.15, -0.1) is 0 Å². The third-order valence-electron chi connectivity index (χ3n) is 0.213. The molecule has 0 aromatic heterocycles. The van der Waals surface area contributed by atoms with E-state index in [2.05, 4.69) is 4.31 Å². The first kappa shape index (κ1) is 14.1.